The second kappa shape index (κ2) is 8.88. The second-order valence-corrected chi connectivity index (χ2v) is 8.17. The average Bonchev–Trinajstić information content (AvgIpc) is 3.42. The maximum atomic E-state index is 12.8. The molecule has 1 aromatic heterocycles. The predicted octanol–water partition coefficient (Wildman–Crippen LogP) is 2.87. The standard InChI is InChI=1S/C20H24N4O5S/c1-27-13-8-12(9-14(10-13)28-2)21-20(26)24-6-5-15-17(11-24)30-19(22-15)23-18(25)16-4-3-7-29-16/h8-10,16H,3-7,11H2,1-2H3,(H,21,26)(H,22,23,25). The van der Waals surface area contributed by atoms with Crippen LogP contribution in [0.15, 0.2) is 18.2 Å². The summed E-state index contributed by atoms with van der Waals surface area (Å²) in [6.07, 6.45) is 1.87. The second-order valence-electron chi connectivity index (χ2n) is 7.08. The van der Waals surface area contributed by atoms with Gasteiger partial charge in [0, 0.05) is 48.3 Å². The Labute approximate surface area is 178 Å². The first-order valence-corrected chi connectivity index (χ1v) is 10.6. The van der Waals surface area contributed by atoms with Gasteiger partial charge in [0.15, 0.2) is 5.13 Å². The van der Waals surface area contributed by atoms with Crippen molar-refractivity contribution in [2.45, 2.75) is 31.9 Å². The molecule has 1 aromatic carbocycles. The molecule has 3 amide bonds. The van der Waals surface area contributed by atoms with Crippen LogP contribution in [0.1, 0.15) is 23.4 Å². The van der Waals surface area contributed by atoms with Gasteiger partial charge in [0.25, 0.3) is 5.91 Å². The van der Waals surface area contributed by atoms with Crippen LogP contribution < -0.4 is 20.1 Å². The summed E-state index contributed by atoms with van der Waals surface area (Å²) in [5, 5.41) is 6.30. The number of carbonyl (C=O) groups is 2. The zero-order chi connectivity index (χ0) is 21.1. The van der Waals surface area contributed by atoms with E-state index in [0.717, 1.165) is 23.4 Å². The third kappa shape index (κ3) is 4.49. The third-order valence-electron chi connectivity index (χ3n) is 5.07. The van der Waals surface area contributed by atoms with Crippen molar-refractivity contribution >= 4 is 34.1 Å². The normalized spacial score (nSPS) is 17.9. The number of ether oxygens (including phenoxy) is 3. The molecule has 2 aliphatic rings. The maximum Gasteiger partial charge on any atom is 0.322 e. The molecule has 0 spiro atoms. The number of methoxy groups -OCH3 is 2. The summed E-state index contributed by atoms with van der Waals surface area (Å²) in [4.78, 5) is 32.2. The van der Waals surface area contributed by atoms with Crippen molar-refractivity contribution in [2.75, 3.05) is 38.0 Å². The van der Waals surface area contributed by atoms with Crippen LogP contribution in [0.3, 0.4) is 0 Å². The topological polar surface area (TPSA) is 102 Å². The Morgan fingerprint density at radius 1 is 1.20 bits per heavy atom. The number of fused-ring (bicyclic) bond motifs is 1. The van der Waals surface area contributed by atoms with Gasteiger partial charge in [-0.2, -0.15) is 0 Å². The SMILES string of the molecule is COc1cc(NC(=O)N2CCc3nc(NC(=O)C4CCCO4)sc3C2)cc(OC)c1. The number of anilines is 2. The lowest BCUT2D eigenvalue weighted by Crippen LogP contribution is -2.38. The molecular formula is C20H24N4O5S. The van der Waals surface area contributed by atoms with E-state index in [1.807, 2.05) is 0 Å². The molecule has 2 aliphatic heterocycles. The smallest absolute Gasteiger partial charge is 0.322 e. The lowest BCUT2D eigenvalue weighted by molar-refractivity contribution is -0.124. The molecule has 4 rings (SSSR count). The molecular weight excluding hydrogens is 408 g/mol. The van der Waals surface area contributed by atoms with Crippen LogP contribution in [0.4, 0.5) is 15.6 Å². The molecule has 1 unspecified atom stereocenters. The van der Waals surface area contributed by atoms with Crippen molar-refractivity contribution in [3.63, 3.8) is 0 Å². The number of nitrogens with zero attached hydrogens (tertiary/aromatic N) is 2. The van der Waals surface area contributed by atoms with E-state index in [-0.39, 0.29) is 11.9 Å². The van der Waals surface area contributed by atoms with Gasteiger partial charge in [0.05, 0.1) is 26.5 Å². The van der Waals surface area contributed by atoms with Crippen molar-refractivity contribution < 1.29 is 23.8 Å². The van der Waals surface area contributed by atoms with Gasteiger partial charge in [-0.25, -0.2) is 9.78 Å². The van der Waals surface area contributed by atoms with E-state index < -0.39 is 6.10 Å². The third-order valence-corrected chi connectivity index (χ3v) is 6.07. The number of amides is 3. The Morgan fingerprint density at radius 3 is 2.63 bits per heavy atom. The van der Waals surface area contributed by atoms with Gasteiger partial charge in [0.2, 0.25) is 0 Å². The number of benzene rings is 1. The molecule has 2 aromatic rings. The van der Waals surface area contributed by atoms with E-state index in [0.29, 0.717) is 48.4 Å². The average molecular weight is 433 g/mol. The molecule has 2 N–H and O–H groups in total. The van der Waals surface area contributed by atoms with E-state index in [9.17, 15) is 9.59 Å². The van der Waals surface area contributed by atoms with E-state index in [2.05, 4.69) is 15.6 Å². The first-order valence-electron chi connectivity index (χ1n) is 9.75. The molecule has 0 saturated carbocycles. The van der Waals surface area contributed by atoms with E-state index in [1.165, 1.54) is 11.3 Å². The number of urea groups is 1. The van der Waals surface area contributed by atoms with Crippen LogP contribution in [0.5, 0.6) is 11.5 Å². The van der Waals surface area contributed by atoms with Gasteiger partial charge >= 0.3 is 6.03 Å². The van der Waals surface area contributed by atoms with Crippen LogP contribution in [0.2, 0.25) is 0 Å². The number of hydrogen-bond donors (Lipinski definition) is 2. The van der Waals surface area contributed by atoms with Gasteiger partial charge in [0.1, 0.15) is 17.6 Å². The zero-order valence-electron chi connectivity index (χ0n) is 16.9. The van der Waals surface area contributed by atoms with Crippen LogP contribution >= 0.6 is 11.3 Å². The molecule has 1 fully saturated rings. The summed E-state index contributed by atoms with van der Waals surface area (Å²) in [6, 6.07) is 5.00. The van der Waals surface area contributed by atoms with Crippen molar-refractivity contribution in [3.8, 4) is 11.5 Å². The molecule has 1 saturated heterocycles. The van der Waals surface area contributed by atoms with Crippen molar-refractivity contribution in [1.29, 1.82) is 0 Å². The molecule has 30 heavy (non-hydrogen) atoms. The van der Waals surface area contributed by atoms with Gasteiger partial charge in [-0.3, -0.25) is 10.1 Å². The van der Waals surface area contributed by atoms with Gasteiger partial charge < -0.3 is 24.4 Å². The highest BCUT2D eigenvalue weighted by Gasteiger charge is 2.27. The molecule has 10 heteroatoms. The number of carbonyl (C=O) groups excluding carboxylic acids is 2. The highest BCUT2D eigenvalue weighted by molar-refractivity contribution is 7.15. The fourth-order valence-corrected chi connectivity index (χ4v) is 4.50. The summed E-state index contributed by atoms with van der Waals surface area (Å²) < 4.78 is 15.9. The minimum Gasteiger partial charge on any atom is -0.497 e. The van der Waals surface area contributed by atoms with Crippen LogP contribution in [0.25, 0.3) is 0 Å². The molecule has 3 heterocycles. The van der Waals surface area contributed by atoms with E-state index in [4.69, 9.17) is 14.2 Å². The zero-order valence-corrected chi connectivity index (χ0v) is 17.7. The van der Waals surface area contributed by atoms with Crippen LogP contribution in [-0.2, 0) is 22.5 Å². The Kier molecular flexibility index (Phi) is 6.05. The highest BCUT2D eigenvalue weighted by Crippen LogP contribution is 2.30. The minimum absolute atomic E-state index is 0.153. The summed E-state index contributed by atoms with van der Waals surface area (Å²) >= 11 is 1.40. The summed E-state index contributed by atoms with van der Waals surface area (Å²) in [5.74, 6) is 1.04. The highest BCUT2D eigenvalue weighted by atomic mass is 32.1. The largest absolute Gasteiger partial charge is 0.497 e. The molecule has 9 nitrogen and oxygen atoms in total. The maximum absolute atomic E-state index is 12.8. The Balaban J connectivity index is 1.39. The molecule has 0 bridgehead atoms. The monoisotopic (exact) mass is 432 g/mol. The predicted molar refractivity (Wildman–Crippen MR) is 112 cm³/mol. The Morgan fingerprint density at radius 2 is 1.97 bits per heavy atom. The number of aromatic nitrogens is 1. The molecule has 0 aliphatic carbocycles. The fourth-order valence-electron chi connectivity index (χ4n) is 3.47. The van der Waals surface area contributed by atoms with Crippen molar-refractivity contribution in [3.05, 3.63) is 28.8 Å². The minimum atomic E-state index is -0.395. The Bertz CT molecular complexity index is 919. The first-order chi connectivity index (χ1) is 14.6. The van der Waals surface area contributed by atoms with Gasteiger partial charge in [-0.15, -0.1) is 0 Å². The fraction of sp³-hybridized carbons (Fsp3) is 0.450. The van der Waals surface area contributed by atoms with E-state index >= 15 is 0 Å². The van der Waals surface area contributed by atoms with Gasteiger partial charge in [-0.05, 0) is 12.8 Å². The summed E-state index contributed by atoms with van der Waals surface area (Å²) in [5.41, 5.74) is 1.52. The number of thiazole rings is 1. The van der Waals surface area contributed by atoms with Crippen molar-refractivity contribution in [1.82, 2.24) is 9.88 Å². The molecule has 160 valence electrons. The summed E-state index contributed by atoms with van der Waals surface area (Å²) in [6.45, 7) is 1.61. The Hall–Kier alpha value is -2.85. The lowest BCUT2D eigenvalue weighted by Gasteiger charge is -2.26. The first kappa shape index (κ1) is 20.4. The number of nitrogens with one attached hydrogen (secondary N) is 2. The van der Waals surface area contributed by atoms with Crippen molar-refractivity contribution in [2.24, 2.45) is 0 Å². The quantitative estimate of drug-likeness (QED) is 0.753. The van der Waals surface area contributed by atoms with Gasteiger partial charge in [-0.1, -0.05) is 11.3 Å². The number of hydrogen-bond acceptors (Lipinski definition) is 7. The van der Waals surface area contributed by atoms with E-state index in [1.54, 1.807) is 37.3 Å². The molecule has 0 radical (unpaired) electrons. The van der Waals surface area contributed by atoms with Crippen LogP contribution in [0, 0.1) is 0 Å². The number of rotatable bonds is 5. The lowest BCUT2D eigenvalue weighted by atomic mass is 10.2. The summed E-state index contributed by atoms with van der Waals surface area (Å²) in [7, 11) is 3.12. The molecule has 1 atom stereocenters. The van der Waals surface area contributed by atoms with Crippen LogP contribution in [-0.4, -0.2) is 55.3 Å².